The van der Waals surface area contributed by atoms with Crippen LogP contribution in [-0.2, 0) is 0 Å². The van der Waals surface area contributed by atoms with Crippen molar-refractivity contribution < 1.29 is 9.53 Å². The summed E-state index contributed by atoms with van der Waals surface area (Å²) in [6, 6.07) is 15.6. The summed E-state index contributed by atoms with van der Waals surface area (Å²) in [5, 5.41) is 0.882. The van der Waals surface area contributed by atoms with Crippen molar-refractivity contribution >= 4 is 32.7 Å². The number of halogens is 1. The molecule has 29 heavy (non-hydrogen) atoms. The molecule has 1 aliphatic rings. The molecule has 0 saturated carbocycles. The molecule has 0 bridgehead atoms. The molecule has 1 aromatic heterocycles. The first-order valence-corrected chi connectivity index (χ1v) is 10.8. The molecular weight excluding hydrogens is 428 g/mol. The zero-order chi connectivity index (χ0) is 20.5. The Morgan fingerprint density at radius 1 is 1.07 bits per heavy atom. The number of piperidine rings is 1. The van der Waals surface area contributed by atoms with Gasteiger partial charge in [-0.3, -0.25) is 4.79 Å². The van der Waals surface area contributed by atoms with E-state index < -0.39 is 0 Å². The van der Waals surface area contributed by atoms with Gasteiger partial charge in [0.15, 0.2) is 0 Å². The average molecular weight is 453 g/mol. The van der Waals surface area contributed by atoms with Crippen molar-refractivity contribution in [1.29, 1.82) is 0 Å². The molecule has 0 radical (unpaired) electrons. The van der Waals surface area contributed by atoms with Crippen molar-refractivity contribution in [3.05, 3.63) is 58.6 Å². The normalized spacial score (nSPS) is 19.4. The van der Waals surface area contributed by atoms with Gasteiger partial charge in [-0.2, -0.15) is 0 Å². The largest absolute Gasteiger partial charge is 0.497 e. The molecule has 0 N–H and O–H groups in total. The van der Waals surface area contributed by atoms with Crippen LogP contribution in [0, 0.1) is 11.8 Å². The molecule has 2 aromatic carbocycles. The third-order valence-electron chi connectivity index (χ3n) is 5.54. The van der Waals surface area contributed by atoms with Gasteiger partial charge in [-0.1, -0.05) is 29.8 Å². The van der Waals surface area contributed by atoms with Crippen LogP contribution in [-0.4, -0.2) is 36.0 Å². The van der Waals surface area contributed by atoms with Crippen molar-refractivity contribution in [2.45, 2.75) is 20.3 Å². The fourth-order valence-electron chi connectivity index (χ4n) is 4.28. The Morgan fingerprint density at radius 2 is 1.76 bits per heavy atom. The van der Waals surface area contributed by atoms with Crippen LogP contribution in [0.1, 0.15) is 30.6 Å². The number of carbonyl (C=O) groups is 1. The highest BCUT2D eigenvalue weighted by Gasteiger charge is 2.27. The Kier molecular flexibility index (Phi) is 5.59. The molecule has 0 aliphatic carbocycles. The first kappa shape index (κ1) is 19.9. The lowest BCUT2D eigenvalue weighted by molar-refractivity contribution is 0.0625. The third-order valence-corrected chi connectivity index (χ3v) is 6.04. The van der Waals surface area contributed by atoms with Gasteiger partial charge in [0.1, 0.15) is 5.75 Å². The molecule has 1 saturated heterocycles. The molecule has 0 spiro atoms. The lowest BCUT2D eigenvalue weighted by Gasteiger charge is -2.35. The molecule has 0 unspecified atom stereocenters. The number of hydrogen-bond acceptors (Lipinski definition) is 3. The zero-order valence-electron chi connectivity index (χ0n) is 17.0. The van der Waals surface area contributed by atoms with Crippen molar-refractivity contribution in [3.8, 4) is 17.0 Å². The van der Waals surface area contributed by atoms with Gasteiger partial charge in [-0.25, -0.2) is 4.98 Å². The number of pyridine rings is 1. The molecule has 1 amide bonds. The van der Waals surface area contributed by atoms with Crippen LogP contribution in [0.5, 0.6) is 5.75 Å². The number of ether oxygens (including phenoxy) is 1. The number of benzene rings is 2. The maximum Gasteiger partial charge on any atom is 0.254 e. The van der Waals surface area contributed by atoms with E-state index in [1.165, 1.54) is 6.42 Å². The minimum Gasteiger partial charge on any atom is -0.497 e. The number of hydrogen-bond donors (Lipinski definition) is 0. The summed E-state index contributed by atoms with van der Waals surface area (Å²) in [6.07, 6.45) is 1.17. The van der Waals surface area contributed by atoms with E-state index in [1.807, 2.05) is 53.4 Å². The van der Waals surface area contributed by atoms with Crippen LogP contribution in [0.25, 0.3) is 22.2 Å². The summed E-state index contributed by atoms with van der Waals surface area (Å²) >= 11 is 3.54. The Labute approximate surface area is 180 Å². The summed E-state index contributed by atoms with van der Waals surface area (Å²) < 4.78 is 6.21. The van der Waals surface area contributed by atoms with Crippen LogP contribution in [0.2, 0.25) is 0 Å². The van der Waals surface area contributed by atoms with Crippen LogP contribution in [0.4, 0.5) is 0 Å². The molecule has 1 fully saturated rings. The Balaban J connectivity index is 1.82. The fraction of sp³-hybridized carbons (Fsp3) is 0.333. The second-order valence-corrected chi connectivity index (χ2v) is 9.02. The first-order valence-electron chi connectivity index (χ1n) is 9.98. The van der Waals surface area contributed by atoms with Gasteiger partial charge in [0.25, 0.3) is 5.91 Å². The quantitative estimate of drug-likeness (QED) is 0.504. The second kappa shape index (κ2) is 8.15. The number of amides is 1. The van der Waals surface area contributed by atoms with E-state index in [2.05, 4.69) is 29.8 Å². The van der Waals surface area contributed by atoms with Crippen molar-refractivity contribution in [1.82, 2.24) is 9.88 Å². The number of aromatic nitrogens is 1. The number of nitrogens with zero attached hydrogens (tertiary/aromatic N) is 2. The predicted molar refractivity (Wildman–Crippen MR) is 120 cm³/mol. The lowest BCUT2D eigenvalue weighted by atomic mass is 9.91. The Bertz CT molecular complexity index is 1040. The van der Waals surface area contributed by atoms with E-state index in [0.29, 0.717) is 17.4 Å². The van der Waals surface area contributed by atoms with Gasteiger partial charge in [0, 0.05) is 28.5 Å². The standard InChI is InChI=1S/C24H25BrN2O2/c1-15-10-16(2)14-27(13-15)24(28)21-12-23(17-4-7-19(29-3)8-5-17)26-22-9-6-18(25)11-20(21)22/h4-9,11-12,15-16H,10,13-14H2,1-3H3/t15-,16+. The van der Waals surface area contributed by atoms with E-state index >= 15 is 0 Å². The van der Waals surface area contributed by atoms with Crippen molar-refractivity contribution in [3.63, 3.8) is 0 Å². The maximum absolute atomic E-state index is 13.6. The van der Waals surface area contributed by atoms with E-state index in [-0.39, 0.29) is 5.91 Å². The average Bonchev–Trinajstić information content (AvgIpc) is 2.72. The molecule has 4 nitrogen and oxygen atoms in total. The van der Waals surface area contributed by atoms with E-state index in [0.717, 1.165) is 45.5 Å². The Morgan fingerprint density at radius 3 is 2.41 bits per heavy atom. The summed E-state index contributed by atoms with van der Waals surface area (Å²) in [7, 11) is 1.65. The summed E-state index contributed by atoms with van der Waals surface area (Å²) in [5.74, 6) is 1.92. The molecule has 3 aromatic rings. The minimum atomic E-state index is 0.0867. The lowest BCUT2D eigenvalue weighted by Crippen LogP contribution is -2.42. The number of fused-ring (bicyclic) bond motifs is 1. The van der Waals surface area contributed by atoms with Gasteiger partial charge in [0.2, 0.25) is 0 Å². The van der Waals surface area contributed by atoms with Gasteiger partial charge >= 0.3 is 0 Å². The van der Waals surface area contributed by atoms with Gasteiger partial charge < -0.3 is 9.64 Å². The SMILES string of the molecule is COc1ccc(-c2cc(C(=O)N3C[C@H](C)C[C@H](C)C3)c3cc(Br)ccc3n2)cc1. The van der Waals surface area contributed by atoms with Crippen LogP contribution < -0.4 is 4.74 Å². The van der Waals surface area contributed by atoms with Crippen molar-refractivity contribution in [2.75, 3.05) is 20.2 Å². The minimum absolute atomic E-state index is 0.0867. The molecule has 2 atom stereocenters. The van der Waals surface area contributed by atoms with Crippen LogP contribution >= 0.6 is 15.9 Å². The summed E-state index contributed by atoms with van der Waals surface area (Å²) in [4.78, 5) is 20.4. The second-order valence-electron chi connectivity index (χ2n) is 8.10. The zero-order valence-corrected chi connectivity index (χ0v) is 18.6. The van der Waals surface area contributed by atoms with Crippen LogP contribution in [0.3, 0.4) is 0 Å². The predicted octanol–water partition coefficient (Wildman–Crippen LogP) is 5.79. The highest BCUT2D eigenvalue weighted by atomic mass is 79.9. The number of likely N-dealkylation sites (tertiary alicyclic amines) is 1. The molecule has 5 heteroatoms. The highest BCUT2D eigenvalue weighted by Crippen LogP contribution is 2.30. The summed E-state index contributed by atoms with van der Waals surface area (Å²) in [6.45, 7) is 6.05. The maximum atomic E-state index is 13.6. The van der Waals surface area contributed by atoms with E-state index in [4.69, 9.17) is 9.72 Å². The number of methoxy groups -OCH3 is 1. The van der Waals surface area contributed by atoms with E-state index in [1.54, 1.807) is 7.11 Å². The topological polar surface area (TPSA) is 42.4 Å². The molecule has 150 valence electrons. The van der Waals surface area contributed by atoms with Crippen LogP contribution in [0.15, 0.2) is 53.0 Å². The smallest absolute Gasteiger partial charge is 0.254 e. The van der Waals surface area contributed by atoms with E-state index in [9.17, 15) is 4.79 Å². The molecular formula is C24H25BrN2O2. The third kappa shape index (κ3) is 4.15. The number of rotatable bonds is 3. The van der Waals surface area contributed by atoms with Gasteiger partial charge in [-0.05, 0) is 66.8 Å². The molecule has 4 rings (SSSR count). The van der Waals surface area contributed by atoms with Crippen molar-refractivity contribution in [2.24, 2.45) is 11.8 Å². The highest BCUT2D eigenvalue weighted by molar-refractivity contribution is 9.10. The van der Waals surface area contributed by atoms with Gasteiger partial charge in [-0.15, -0.1) is 0 Å². The molecule has 1 aliphatic heterocycles. The Hall–Kier alpha value is -2.40. The molecule has 2 heterocycles. The first-order chi connectivity index (χ1) is 13.9. The van der Waals surface area contributed by atoms with Gasteiger partial charge in [0.05, 0.1) is 23.9 Å². The monoisotopic (exact) mass is 452 g/mol. The summed E-state index contributed by atoms with van der Waals surface area (Å²) in [5.41, 5.74) is 3.29. The number of carbonyl (C=O) groups excluding carboxylic acids is 1. The fourth-order valence-corrected chi connectivity index (χ4v) is 4.64.